The monoisotopic (exact) mass is 246 g/mol. The maximum atomic E-state index is 10.5. The molecule has 0 spiro atoms. The Bertz CT molecular complexity index is 515. The quantitative estimate of drug-likeness (QED) is 0.868. The van der Waals surface area contributed by atoms with Crippen LogP contribution in [0.4, 0.5) is 0 Å². The van der Waals surface area contributed by atoms with Crippen molar-refractivity contribution in [3.63, 3.8) is 0 Å². The maximum absolute atomic E-state index is 10.5. The van der Waals surface area contributed by atoms with Gasteiger partial charge in [0.2, 0.25) is 0 Å². The second kappa shape index (κ2) is 4.82. The van der Waals surface area contributed by atoms with Crippen molar-refractivity contribution < 1.29 is 10.2 Å². The van der Waals surface area contributed by atoms with Gasteiger partial charge in [0.25, 0.3) is 0 Å². The third kappa shape index (κ3) is 2.54. The molecule has 0 saturated heterocycles. The van der Waals surface area contributed by atoms with E-state index in [2.05, 4.69) is 4.98 Å². The van der Waals surface area contributed by atoms with Crippen molar-refractivity contribution in [3.8, 4) is 5.75 Å². The predicted molar refractivity (Wildman–Crippen MR) is 69.3 cm³/mol. The van der Waals surface area contributed by atoms with Crippen molar-refractivity contribution in [1.29, 1.82) is 0 Å². The Morgan fingerprint density at radius 3 is 2.56 bits per heavy atom. The molecule has 4 nitrogen and oxygen atoms in total. The number of aromatic nitrogens is 2. The van der Waals surface area contributed by atoms with Crippen molar-refractivity contribution in [2.24, 2.45) is 0 Å². The lowest BCUT2D eigenvalue weighted by atomic mass is 9.92. The van der Waals surface area contributed by atoms with E-state index < -0.39 is 5.60 Å². The van der Waals surface area contributed by atoms with E-state index in [0.29, 0.717) is 6.42 Å². The van der Waals surface area contributed by atoms with Crippen LogP contribution in [0.15, 0.2) is 36.7 Å². The third-order valence-electron chi connectivity index (χ3n) is 3.13. The molecule has 0 fully saturated rings. The number of imidazole rings is 1. The largest absolute Gasteiger partial charge is 0.508 e. The Hall–Kier alpha value is -1.81. The Labute approximate surface area is 107 Å². The van der Waals surface area contributed by atoms with E-state index in [1.807, 2.05) is 17.7 Å². The molecule has 1 atom stereocenters. The Morgan fingerprint density at radius 1 is 1.28 bits per heavy atom. The molecular formula is C14H18N2O2. The average Bonchev–Trinajstić information content (AvgIpc) is 2.76. The second-order valence-electron chi connectivity index (χ2n) is 4.63. The maximum Gasteiger partial charge on any atom is 0.115 e. The average molecular weight is 246 g/mol. The number of aromatic hydroxyl groups is 1. The lowest BCUT2D eigenvalue weighted by molar-refractivity contribution is 0.0545. The van der Waals surface area contributed by atoms with Gasteiger partial charge in [-0.2, -0.15) is 0 Å². The fraction of sp³-hybridized carbons (Fsp3) is 0.357. The summed E-state index contributed by atoms with van der Waals surface area (Å²) in [6.07, 6.45) is 4.09. The van der Waals surface area contributed by atoms with Gasteiger partial charge in [0, 0.05) is 25.4 Å². The minimum atomic E-state index is -0.994. The van der Waals surface area contributed by atoms with Crippen LogP contribution in [0.2, 0.25) is 0 Å². The van der Waals surface area contributed by atoms with E-state index >= 15 is 0 Å². The van der Waals surface area contributed by atoms with E-state index in [9.17, 15) is 10.2 Å². The lowest BCUT2D eigenvalue weighted by Gasteiger charge is -2.23. The molecule has 0 saturated carbocycles. The third-order valence-corrected chi connectivity index (χ3v) is 3.13. The van der Waals surface area contributed by atoms with Crippen LogP contribution in [0.1, 0.15) is 25.2 Å². The fourth-order valence-electron chi connectivity index (χ4n) is 2.03. The summed E-state index contributed by atoms with van der Waals surface area (Å²) in [5.41, 5.74) is -0.225. The second-order valence-corrected chi connectivity index (χ2v) is 4.63. The molecule has 0 amide bonds. The van der Waals surface area contributed by atoms with Gasteiger partial charge in [0.1, 0.15) is 11.6 Å². The van der Waals surface area contributed by atoms with Crippen molar-refractivity contribution >= 4 is 0 Å². The smallest absolute Gasteiger partial charge is 0.115 e. The number of hydrogen-bond donors (Lipinski definition) is 2. The SMILES string of the molecule is CCn1ccnc1CC(C)(O)c1ccc(O)cc1. The fourth-order valence-corrected chi connectivity index (χ4v) is 2.03. The van der Waals surface area contributed by atoms with Gasteiger partial charge in [0.05, 0.1) is 5.60 Å². The van der Waals surface area contributed by atoms with Crippen LogP contribution in [0.5, 0.6) is 5.75 Å². The molecule has 18 heavy (non-hydrogen) atoms. The van der Waals surface area contributed by atoms with Crippen LogP contribution in [0.3, 0.4) is 0 Å². The number of phenols is 1. The van der Waals surface area contributed by atoms with Crippen molar-refractivity contribution in [1.82, 2.24) is 9.55 Å². The Kier molecular flexibility index (Phi) is 3.39. The minimum Gasteiger partial charge on any atom is -0.508 e. The summed E-state index contributed by atoms with van der Waals surface area (Å²) in [4.78, 5) is 4.27. The predicted octanol–water partition coefficient (Wildman–Crippen LogP) is 2.06. The number of aliphatic hydroxyl groups is 1. The summed E-state index contributed by atoms with van der Waals surface area (Å²) in [5.74, 6) is 1.06. The molecule has 2 aromatic rings. The molecule has 0 aliphatic carbocycles. The number of phenolic OH excluding ortho intramolecular Hbond substituents is 1. The van der Waals surface area contributed by atoms with Gasteiger partial charge in [-0.25, -0.2) is 4.98 Å². The minimum absolute atomic E-state index is 0.199. The zero-order chi connectivity index (χ0) is 13.2. The van der Waals surface area contributed by atoms with E-state index in [1.54, 1.807) is 37.4 Å². The summed E-state index contributed by atoms with van der Waals surface area (Å²) in [6.45, 7) is 4.63. The molecule has 0 aliphatic rings. The first-order chi connectivity index (χ1) is 8.53. The van der Waals surface area contributed by atoms with Crippen molar-refractivity contribution in [2.45, 2.75) is 32.4 Å². The highest BCUT2D eigenvalue weighted by Gasteiger charge is 2.25. The van der Waals surface area contributed by atoms with Crippen LogP contribution in [0.25, 0.3) is 0 Å². The van der Waals surface area contributed by atoms with Crippen molar-refractivity contribution in [3.05, 3.63) is 48.0 Å². The molecule has 2 N–H and O–H groups in total. The summed E-state index contributed by atoms with van der Waals surface area (Å²) in [5, 5.41) is 19.8. The van der Waals surface area contributed by atoms with Gasteiger partial charge in [-0.3, -0.25) is 0 Å². The molecule has 0 aliphatic heterocycles. The Balaban J connectivity index is 2.23. The molecule has 96 valence electrons. The summed E-state index contributed by atoms with van der Waals surface area (Å²) in [6, 6.07) is 6.62. The molecule has 0 radical (unpaired) electrons. The number of rotatable bonds is 4. The molecular weight excluding hydrogens is 228 g/mol. The molecule has 0 bridgehead atoms. The molecule has 2 rings (SSSR count). The zero-order valence-corrected chi connectivity index (χ0v) is 10.7. The highest BCUT2D eigenvalue weighted by atomic mass is 16.3. The number of benzene rings is 1. The first kappa shape index (κ1) is 12.6. The highest BCUT2D eigenvalue weighted by Crippen LogP contribution is 2.26. The Morgan fingerprint density at radius 2 is 1.94 bits per heavy atom. The summed E-state index contributed by atoms with van der Waals surface area (Å²) >= 11 is 0. The van der Waals surface area contributed by atoms with Crippen LogP contribution >= 0.6 is 0 Å². The van der Waals surface area contributed by atoms with E-state index in [-0.39, 0.29) is 5.75 Å². The van der Waals surface area contributed by atoms with E-state index in [4.69, 9.17) is 0 Å². The van der Waals surface area contributed by atoms with Crippen LogP contribution in [0, 0.1) is 0 Å². The van der Waals surface area contributed by atoms with E-state index in [0.717, 1.165) is 17.9 Å². The van der Waals surface area contributed by atoms with Gasteiger partial charge < -0.3 is 14.8 Å². The molecule has 1 heterocycles. The highest BCUT2D eigenvalue weighted by molar-refractivity contribution is 5.30. The molecule has 1 aromatic heterocycles. The van der Waals surface area contributed by atoms with Gasteiger partial charge in [-0.15, -0.1) is 0 Å². The van der Waals surface area contributed by atoms with Crippen LogP contribution < -0.4 is 0 Å². The zero-order valence-electron chi connectivity index (χ0n) is 10.7. The van der Waals surface area contributed by atoms with E-state index in [1.165, 1.54) is 0 Å². The van der Waals surface area contributed by atoms with Crippen molar-refractivity contribution in [2.75, 3.05) is 0 Å². The molecule has 4 heteroatoms. The number of hydrogen-bond acceptors (Lipinski definition) is 3. The first-order valence-corrected chi connectivity index (χ1v) is 6.05. The first-order valence-electron chi connectivity index (χ1n) is 6.05. The molecule has 1 unspecified atom stereocenters. The standard InChI is InChI=1S/C14H18N2O2/c1-3-16-9-8-15-13(16)10-14(2,18)11-4-6-12(17)7-5-11/h4-9,17-18H,3,10H2,1-2H3. The number of nitrogens with zero attached hydrogens (tertiary/aromatic N) is 2. The topological polar surface area (TPSA) is 58.3 Å². The van der Waals surface area contributed by atoms with Gasteiger partial charge in [0.15, 0.2) is 0 Å². The van der Waals surface area contributed by atoms with Gasteiger partial charge in [-0.1, -0.05) is 12.1 Å². The van der Waals surface area contributed by atoms with Crippen LogP contribution in [-0.2, 0) is 18.6 Å². The van der Waals surface area contributed by atoms with Gasteiger partial charge >= 0.3 is 0 Å². The lowest BCUT2D eigenvalue weighted by Crippen LogP contribution is -2.26. The number of aryl methyl sites for hydroxylation is 1. The summed E-state index contributed by atoms with van der Waals surface area (Å²) < 4.78 is 2.01. The van der Waals surface area contributed by atoms with Crippen LogP contribution in [-0.4, -0.2) is 19.8 Å². The molecule has 1 aromatic carbocycles. The van der Waals surface area contributed by atoms with Gasteiger partial charge in [-0.05, 0) is 31.5 Å². The normalized spacial score (nSPS) is 14.4. The summed E-state index contributed by atoms with van der Waals surface area (Å²) in [7, 11) is 0.